The number of carbonyl (C=O) groups is 1. The summed E-state index contributed by atoms with van der Waals surface area (Å²) in [5.74, 6) is -1.09. The van der Waals surface area contributed by atoms with Gasteiger partial charge in [0.05, 0.1) is 11.3 Å². The van der Waals surface area contributed by atoms with Crippen molar-refractivity contribution >= 4 is 23.0 Å². The Morgan fingerprint density at radius 2 is 2.45 bits per heavy atom. The highest BCUT2D eigenvalue weighted by Crippen LogP contribution is 2.23. The number of aromatic carboxylic acids is 1. The van der Waals surface area contributed by atoms with Crippen molar-refractivity contribution in [3.8, 4) is 6.07 Å². The highest BCUT2D eigenvalue weighted by atomic mass is 32.1. The van der Waals surface area contributed by atoms with Crippen LogP contribution in [-0.4, -0.2) is 11.1 Å². The molecule has 0 aliphatic heterocycles. The largest absolute Gasteiger partial charge is 0.477 e. The summed E-state index contributed by atoms with van der Waals surface area (Å²) in [6.45, 7) is 0. The van der Waals surface area contributed by atoms with Gasteiger partial charge in [0.25, 0.3) is 0 Å². The maximum atomic E-state index is 10.4. The molecular formula is C6H4N2O2S. The fraction of sp³-hybridized carbons (Fsp3) is 0. The van der Waals surface area contributed by atoms with Gasteiger partial charge in [0.1, 0.15) is 10.9 Å². The minimum absolute atomic E-state index is 0.0292. The third-order valence-corrected chi connectivity index (χ3v) is 2.13. The van der Waals surface area contributed by atoms with Gasteiger partial charge >= 0.3 is 5.97 Å². The van der Waals surface area contributed by atoms with Crippen molar-refractivity contribution in [2.75, 3.05) is 5.73 Å². The van der Waals surface area contributed by atoms with E-state index in [1.165, 1.54) is 5.38 Å². The van der Waals surface area contributed by atoms with Crippen LogP contribution < -0.4 is 5.73 Å². The molecule has 0 radical (unpaired) electrons. The lowest BCUT2D eigenvalue weighted by molar-refractivity contribution is 0.0703. The molecule has 0 unspecified atom stereocenters. The van der Waals surface area contributed by atoms with E-state index in [2.05, 4.69) is 0 Å². The highest BCUT2D eigenvalue weighted by molar-refractivity contribution is 7.12. The Morgan fingerprint density at radius 3 is 2.73 bits per heavy atom. The first-order valence-corrected chi connectivity index (χ1v) is 3.55. The number of rotatable bonds is 1. The van der Waals surface area contributed by atoms with E-state index < -0.39 is 5.97 Å². The topological polar surface area (TPSA) is 87.1 Å². The number of nitrogens with zero attached hydrogens (tertiary/aromatic N) is 1. The van der Waals surface area contributed by atoms with Crippen molar-refractivity contribution in [2.45, 2.75) is 0 Å². The number of hydrogen-bond acceptors (Lipinski definition) is 4. The van der Waals surface area contributed by atoms with E-state index in [0.29, 0.717) is 0 Å². The molecule has 1 rings (SSSR count). The Bertz CT molecular complexity index is 337. The molecule has 0 fully saturated rings. The van der Waals surface area contributed by atoms with E-state index in [4.69, 9.17) is 16.1 Å². The average molecular weight is 168 g/mol. The van der Waals surface area contributed by atoms with Gasteiger partial charge in [-0.05, 0) is 0 Å². The first kappa shape index (κ1) is 7.57. The lowest BCUT2D eigenvalue weighted by Gasteiger charge is -1.89. The maximum Gasteiger partial charge on any atom is 0.348 e. The molecule has 0 amide bonds. The van der Waals surface area contributed by atoms with Gasteiger partial charge in [0.2, 0.25) is 0 Å². The molecule has 0 saturated carbocycles. The molecular weight excluding hydrogens is 164 g/mol. The Labute approximate surface area is 66.5 Å². The Kier molecular flexibility index (Phi) is 1.79. The van der Waals surface area contributed by atoms with Crippen LogP contribution in [0, 0.1) is 11.3 Å². The van der Waals surface area contributed by atoms with Crippen LogP contribution in [0.15, 0.2) is 5.38 Å². The molecule has 5 heteroatoms. The van der Waals surface area contributed by atoms with Crippen molar-refractivity contribution in [1.29, 1.82) is 5.26 Å². The second-order valence-corrected chi connectivity index (χ2v) is 2.69. The summed E-state index contributed by atoms with van der Waals surface area (Å²) in [5, 5.41) is 18.3. The molecule has 0 spiro atoms. The van der Waals surface area contributed by atoms with Crippen LogP contribution in [0.4, 0.5) is 5.69 Å². The summed E-state index contributed by atoms with van der Waals surface area (Å²) in [6, 6.07) is 1.79. The molecule has 0 aromatic carbocycles. The van der Waals surface area contributed by atoms with Gasteiger partial charge in [0.15, 0.2) is 0 Å². The summed E-state index contributed by atoms with van der Waals surface area (Å²) >= 11 is 0.962. The zero-order valence-corrected chi connectivity index (χ0v) is 6.18. The molecule has 1 aromatic rings. The predicted octanol–water partition coefficient (Wildman–Crippen LogP) is 0.900. The molecule has 0 aliphatic rings. The third kappa shape index (κ3) is 1.16. The van der Waals surface area contributed by atoms with Gasteiger partial charge in [-0.1, -0.05) is 0 Å². The van der Waals surface area contributed by atoms with E-state index in [0.717, 1.165) is 11.3 Å². The van der Waals surface area contributed by atoms with Crippen molar-refractivity contribution in [3.05, 3.63) is 15.8 Å². The number of nitrogens with two attached hydrogens (primary N) is 1. The number of thiophene rings is 1. The van der Waals surface area contributed by atoms with Crippen LogP contribution in [-0.2, 0) is 0 Å². The SMILES string of the molecule is N#Cc1csc(C(=O)O)c1N. The Morgan fingerprint density at radius 1 is 1.82 bits per heavy atom. The van der Waals surface area contributed by atoms with Crippen LogP contribution in [0.1, 0.15) is 15.2 Å². The van der Waals surface area contributed by atoms with Crippen LogP contribution >= 0.6 is 11.3 Å². The summed E-state index contributed by atoms with van der Waals surface area (Å²) in [5.41, 5.74) is 5.61. The lowest BCUT2D eigenvalue weighted by atomic mass is 10.3. The molecule has 3 N–H and O–H groups in total. The van der Waals surface area contributed by atoms with Crippen molar-refractivity contribution in [2.24, 2.45) is 0 Å². The van der Waals surface area contributed by atoms with Crippen LogP contribution in [0.25, 0.3) is 0 Å². The first-order valence-electron chi connectivity index (χ1n) is 2.67. The monoisotopic (exact) mass is 168 g/mol. The van der Waals surface area contributed by atoms with Crippen molar-refractivity contribution < 1.29 is 9.90 Å². The Balaban J connectivity index is 3.24. The van der Waals surface area contributed by atoms with Gasteiger partial charge in [-0.25, -0.2) is 4.79 Å². The quantitative estimate of drug-likeness (QED) is 0.652. The average Bonchev–Trinajstić information content (AvgIpc) is 2.30. The molecule has 1 aromatic heterocycles. The van der Waals surface area contributed by atoms with E-state index in [1.807, 2.05) is 0 Å². The summed E-state index contributed by atoms with van der Waals surface area (Å²) in [4.78, 5) is 10.4. The molecule has 1 heterocycles. The van der Waals surface area contributed by atoms with Gasteiger partial charge < -0.3 is 10.8 Å². The predicted molar refractivity (Wildman–Crippen MR) is 40.4 cm³/mol. The standard InChI is InChI=1S/C6H4N2O2S/c7-1-3-2-11-5(4(3)8)6(9)10/h2H,8H2,(H,9,10). The number of carboxylic acids is 1. The molecule has 0 atom stereocenters. The smallest absolute Gasteiger partial charge is 0.348 e. The maximum absolute atomic E-state index is 10.4. The molecule has 56 valence electrons. The van der Waals surface area contributed by atoms with Crippen molar-refractivity contribution in [3.63, 3.8) is 0 Å². The Hall–Kier alpha value is -1.54. The second-order valence-electron chi connectivity index (χ2n) is 1.81. The molecule has 4 nitrogen and oxygen atoms in total. The number of nitriles is 1. The lowest BCUT2D eigenvalue weighted by Crippen LogP contribution is -1.98. The zero-order chi connectivity index (χ0) is 8.43. The fourth-order valence-corrected chi connectivity index (χ4v) is 1.37. The van der Waals surface area contributed by atoms with E-state index in [1.54, 1.807) is 6.07 Å². The summed E-state index contributed by atoms with van der Waals surface area (Å²) in [6.07, 6.45) is 0. The second kappa shape index (κ2) is 2.60. The minimum atomic E-state index is -1.09. The van der Waals surface area contributed by atoms with Crippen LogP contribution in [0.2, 0.25) is 0 Å². The molecule has 0 saturated heterocycles. The molecule has 0 aliphatic carbocycles. The number of anilines is 1. The number of carboxylic acid groups (broad SMARTS) is 1. The normalized spacial score (nSPS) is 9.00. The van der Waals surface area contributed by atoms with Gasteiger partial charge in [-0.3, -0.25) is 0 Å². The van der Waals surface area contributed by atoms with Crippen LogP contribution in [0.5, 0.6) is 0 Å². The number of nitrogen functional groups attached to an aromatic ring is 1. The van der Waals surface area contributed by atoms with Gasteiger partial charge in [-0.15, -0.1) is 11.3 Å². The first-order chi connectivity index (χ1) is 5.16. The van der Waals surface area contributed by atoms with E-state index >= 15 is 0 Å². The number of hydrogen-bond donors (Lipinski definition) is 2. The van der Waals surface area contributed by atoms with Crippen LogP contribution in [0.3, 0.4) is 0 Å². The zero-order valence-electron chi connectivity index (χ0n) is 5.37. The van der Waals surface area contributed by atoms with Crippen molar-refractivity contribution in [1.82, 2.24) is 0 Å². The van der Waals surface area contributed by atoms with Gasteiger partial charge in [-0.2, -0.15) is 5.26 Å². The van der Waals surface area contributed by atoms with E-state index in [-0.39, 0.29) is 16.1 Å². The fourth-order valence-electron chi connectivity index (χ4n) is 0.619. The molecule has 11 heavy (non-hydrogen) atoms. The summed E-state index contributed by atoms with van der Waals surface area (Å²) in [7, 11) is 0. The highest BCUT2D eigenvalue weighted by Gasteiger charge is 2.13. The van der Waals surface area contributed by atoms with E-state index in [9.17, 15) is 4.79 Å². The van der Waals surface area contributed by atoms with Gasteiger partial charge in [0, 0.05) is 5.38 Å². The minimum Gasteiger partial charge on any atom is -0.477 e. The third-order valence-electron chi connectivity index (χ3n) is 1.14. The summed E-state index contributed by atoms with van der Waals surface area (Å²) < 4.78 is 0. The molecule has 0 bridgehead atoms.